The van der Waals surface area contributed by atoms with Crippen molar-refractivity contribution in [2.45, 2.75) is 6.42 Å². The first kappa shape index (κ1) is 9.16. The van der Waals surface area contributed by atoms with E-state index in [1.807, 2.05) is 0 Å². The maximum Gasteiger partial charge on any atom is 0.282 e. The van der Waals surface area contributed by atoms with Crippen LogP contribution in [0.4, 0.5) is 4.79 Å². The molecule has 0 aromatic carbocycles. The molecule has 0 unspecified atom stereocenters. The molecule has 9 heavy (non-hydrogen) atoms. The Labute approximate surface area is 68.2 Å². The first-order valence-electron chi connectivity index (χ1n) is 2.70. The summed E-state index contributed by atoms with van der Waals surface area (Å²) in [6.07, 6.45) is 0.658. The van der Waals surface area contributed by atoms with Crippen molar-refractivity contribution in [3.63, 3.8) is 0 Å². The summed E-state index contributed by atoms with van der Waals surface area (Å²) in [6, 6.07) is 0. The van der Waals surface area contributed by atoms with Gasteiger partial charge in [0, 0.05) is 42.8 Å². The molecule has 0 heterocycles. The predicted octanol–water partition coefficient (Wildman–Crippen LogP) is 0.856. The van der Waals surface area contributed by atoms with Crippen molar-refractivity contribution in [1.82, 2.24) is 4.90 Å². The number of hydrogen-bond acceptors (Lipinski definition) is 2. The van der Waals surface area contributed by atoms with E-state index in [0.29, 0.717) is 13.0 Å². The van der Waals surface area contributed by atoms with Crippen LogP contribution in [0.15, 0.2) is 0 Å². The second-order valence-electron chi connectivity index (χ2n) is 1.75. The monoisotopic (exact) mass is 243 g/mol. The standard InChI is InChI=1S/C5H10INO2/c1-7(5(6)9)3-2-4-8/h8H,2-4H2,1H3. The van der Waals surface area contributed by atoms with Crippen molar-refractivity contribution in [2.75, 3.05) is 20.2 Å². The zero-order valence-corrected chi connectivity index (χ0v) is 7.46. The van der Waals surface area contributed by atoms with Crippen LogP contribution in [0.1, 0.15) is 6.42 Å². The molecule has 0 bridgehead atoms. The third-order valence-electron chi connectivity index (χ3n) is 0.952. The number of aliphatic hydroxyl groups is 1. The van der Waals surface area contributed by atoms with Crippen LogP contribution in [-0.2, 0) is 0 Å². The molecule has 0 spiro atoms. The summed E-state index contributed by atoms with van der Waals surface area (Å²) in [5.74, 6) is 0. The van der Waals surface area contributed by atoms with Crippen LogP contribution in [0.25, 0.3) is 0 Å². The van der Waals surface area contributed by atoms with Crippen LogP contribution in [0.3, 0.4) is 0 Å². The molecule has 0 rings (SSSR count). The summed E-state index contributed by atoms with van der Waals surface area (Å²) < 4.78 is 0.0149. The van der Waals surface area contributed by atoms with Crippen LogP contribution in [-0.4, -0.2) is 34.1 Å². The summed E-state index contributed by atoms with van der Waals surface area (Å²) in [4.78, 5) is 12.0. The first-order valence-corrected chi connectivity index (χ1v) is 3.78. The van der Waals surface area contributed by atoms with E-state index in [1.165, 1.54) is 0 Å². The molecule has 0 saturated carbocycles. The quantitative estimate of drug-likeness (QED) is 0.453. The first-order chi connectivity index (χ1) is 4.18. The molecule has 0 aliphatic rings. The van der Waals surface area contributed by atoms with E-state index in [1.54, 1.807) is 34.5 Å². The Hall–Kier alpha value is 0.160. The van der Waals surface area contributed by atoms with E-state index in [4.69, 9.17) is 5.11 Å². The van der Waals surface area contributed by atoms with Gasteiger partial charge in [0.05, 0.1) is 0 Å². The Morgan fingerprint density at radius 2 is 2.33 bits per heavy atom. The van der Waals surface area contributed by atoms with Crippen molar-refractivity contribution in [2.24, 2.45) is 0 Å². The lowest BCUT2D eigenvalue weighted by atomic mass is 10.4. The largest absolute Gasteiger partial charge is 0.396 e. The van der Waals surface area contributed by atoms with E-state index in [2.05, 4.69) is 0 Å². The minimum Gasteiger partial charge on any atom is -0.396 e. The maximum absolute atomic E-state index is 10.5. The van der Waals surface area contributed by atoms with Gasteiger partial charge < -0.3 is 10.0 Å². The molecule has 0 radical (unpaired) electrons. The van der Waals surface area contributed by atoms with E-state index >= 15 is 0 Å². The smallest absolute Gasteiger partial charge is 0.282 e. The van der Waals surface area contributed by atoms with Crippen molar-refractivity contribution in [3.05, 3.63) is 0 Å². The molecular formula is C5H10INO2. The fraction of sp³-hybridized carbons (Fsp3) is 0.800. The van der Waals surface area contributed by atoms with Crippen LogP contribution in [0.5, 0.6) is 0 Å². The highest BCUT2D eigenvalue weighted by Gasteiger charge is 2.00. The van der Waals surface area contributed by atoms with Gasteiger partial charge in [0.1, 0.15) is 0 Å². The molecule has 1 amide bonds. The molecule has 1 N–H and O–H groups in total. The Morgan fingerprint density at radius 3 is 2.67 bits per heavy atom. The summed E-state index contributed by atoms with van der Waals surface area (Å²) in [6.45, 7) is 0.784. The number of carbonyl (C=O) groups excluding carboxylic acids is 1. The summed E-state index contributed by atoms with van der Waals surface area (Å²) >= 11 is 1.71. The van der Waals surface area contributed by atoms with Gasteiger partial charge in [-0.3, -0.25) is 4.79 Å². The molecule has 0 saturated heterocycles. The van der Waals surface area contributed by atoms with Gasteiger partial charge >= 0.3 is 0 Å². The number of hydrogen-bond donors (Lipinski definition) is 1. The number of carbonyl (C=O) groups is 1. The number of rotatable bonds is 3. The van der Waals surface area contributed by atoms with E-state index < -0.39 is 0 Å². The summed E-state index contributed by atoms with van der Waals surface area (Å²) in [5.41, 5.74) is 0. The van der Waals surface area contributed by atoms with Gasteiger partial charge in [-0.05, 0) is 6.42 Å². The zero-order chi connectivity index (χ0) is 7.28. The molecule has 0 aromatic heterocycles. The van der Waals surface area contributed by atoms with Gasteiger partial charge in [0.15, 0.2) is 0 Å². The lowest BCUT2D eigenvalue weighted by molar-refractivity contribution is 0.226. The molecule has 0 aliphatic heterocycles. The molecule has 0 fully saturated rings. The lowest BCUT2D eigenvalue weighted by Gasteiger charge is -2.11. The van der Waals surface area contributed by atoms with E-state index in [9.17, 15) is 4.79 Å². The third-order valence-corrected chi connectivity index (χ3v) is 1.78. The van der Waals surface area contributed by atoms with Gasteiger partial charge in [0.2, 0.25) is 0 Å². The Balaban J connectivity index is 3.27. The average Bonchev–Trinajstić information content (AvgIpc) is 1.82. The Kier molecular flexibility index (Phi) is 5.07. The highest BCUT2D eigenvalue weighted by molar-refractivity contribution is 14.1. The number of aliphatic hydroxyl groups excluding tert-OH is 1. The van der Waals surface area contributed by atoms with Crippen molar-refractivity contribution in [1.29, 1.82) is 0 Å². The maximum atomic E-state index is 10.5. The fourth-order valence-electron chi connectivity index (χ4n) is 0.396. The van der Waals surface area contributed by atoms with Gasteiger partial charge in [-0.25, -0.2) is 0 Å². The van der Waals surface area contributed by atoms with Crippen molar-refractivity contribution >= 4 is 26.5 Å². The topological polar surface area (TPSA) is 40.5 Å². The second kappa shape index (κ2) is 4.99. The predicted molar refractivity (Wildman–Crippen MR) is 43.7 cm³/mol. The van der Waals surface area contributed by atoms with Gasteiger partial charge in [0.25, 0.3) is 3.91 Å². The molecule has 0 aromatic rings. The average molecular weight is 243 g/mol. The minimum atomic E-state index is 0.0149. The Bertz CT molecular complexity index is 97.0. The molecule has 4 heteroatoms. The number of amides is 1. The number of halogens is 1. The van der Waals surface area contributed by atoms with E-state index in [0.717, 1.165) is 0 Å². The molecule has 3 nitrogen and oxygen atoms in total. The van der Waals surface area contributed by atoms with Crippen LogP contribution in [0.2, 0.25) is 0 Å². The molecule has 0 atom stereocenters. The van der Waals surface area contributed by atoms with Crippen LogP contribution < -0.4 is 0 Å². The highest BCUT2D eigenvalue weighted by Crippen LogP contribution is 1.95. The molecule has 54 valence electrons. The molecule has 0 aliphatic carbocycles. The molecular weight excluding hydrogens is 233 g/mol. The SMILES string of the molecule is CN(CCCO)C(=O)I. The fourth-order valence-corrected chi connectivity index (χ4v) is 0.637. The lowest BCUT2D eigenvalue weighted by Crippen LogP contribution is -2.22. The van der Waals surface area contributed by atoms with Crippen molar-refractivity contribution < 1.29 is 9.90 Å². The van der Waals surface area contributed by atoms with Crippen LogP contribution >= 0.6 is 22.6 Å². The van der Waals surface area contributed by atoms with E-state index in [-0.39, 0.29) is 10.5 Å². The third kappa shape index (κ3) is 4.65. The van der Waals surface area contributed by atoms with Gasteiger partial charge in [-0.2, -0.15) is 0 Å². The number of nitrogens with zero attached hydrogens (tertiary/aromatic N) is 1. The van der Waals surface area contributed by atoms with Gasteiger partial charge in [-0.15, -0.1) is 0 Å². The van der Waals surface area contributed by atoms with Gasteiger partial charge in [-0.1, -0.05) is 0 Å². The highest BCUT2D eigenvalue weighted by atomic mass is 127. The minimum absolute atomic E-state index is 0.0149. The second-order valence-corrected chi connectivity index (χ2v) is 2.67. The summed E-state index contributed by atoms with van der Waals surface area (Å²) in [5, 5.41) is 8.36. The normalized spacial score (nSPS) is 9.22. The zero-order valence-electron chi connectivity index (χ0n) is 5.30. The summed E-state index contributed by atoms with van der Waals surface area (Å²) in [7, 11) is 1.71. The van der Waals surface area contributed by atoms with Crippen molar-refractivity contribution in [3.8, 4) is 0 Å². The Morgan fingerprint density at radius 1 is 1.78 bits per heavy atom. The van der Waals surface area contributed by atoms with Crippen LogP contribution in [0, 0.1) is 0 Å².